The summed E-state index contributed by atoms with van der Waals surface area (Å²) in [5.41, 5.74) is 0. The van der Waals surface area contributed by atoms with E-state index in [0.717, 1.165) is 6.54 Å². The molecule has 0 bridgehead atoms. The fraction of sp³-hybridized carbons (Fsp3) is 0.875. The van der Waals surface area contributed by atoms with E-state index < -0.39 is 0 Å². The van der Waals surface area contributed by atoms with Gasteiger partial charge in [0, 0.05) is 18.8 Å². The van der Waals surface area contributed by atoms with Crippen LogP contribution in [0.5, 0.6) is 0 Å². The molecular weight excluding hydrogens is 124 g/mol. The number of aliphatic imine (C=N–C) groups is 1. The highest BCUT2D eigenvalue weighted by Crippen LogP contribution is 2.16. The van der Waals surface area contributed by atoms with Crippen molar-refractivity contribution in [2.24, 2.45) is 4.99 Å². The molecule has 10 heavy (non-hydrogen) atoms. The zero-order valence-corrected chi connectivity index (χ0v) is 6.29. The summed E-state index contributed by atoms with van der Waals surface area (Å²) in [5.74, 6) is 0. The molecule has 2 aliphatic rings. The van der Waals surface area contributed by atoms with Gasteiger partial charge in [-0.2, -0.15) is 0 Å². The van der Waals surface area contributed by atoms with Crippen LogP contribution in [0.3, 0.4) is 0 Å². The van der Waals surface area contributed by atoms with Gasteiger partial charge in [0.15, 0.2) is 0 Å². The molecule has 56 valence electrons. The van der Waals surface area contributed by atoms with Gasteiger partial charge < -0.3 is 0 Å². The first-order valence-corrected chi connectivity index (χ1v) is 4.21. The van der Waals surface area contributed by atoms with Crippen LogP contribution < -0.4 is 0 Å². The average molecular weight is 138 g/mol. The molecule has 1 saturated heterocycles. The molecule has 0 aromatic carbocycles. The SMILES string of the molecule is C1=NCCN2CCCC[C@@H]12. The first kappa shape index (κ1) is 6.35. The van der Waals surface area contributed by atoms with Gasteiger partial charge in [-0.15, -0.1) is 0 Å². The van der Waals surface area contributed by atoms with Crippen molar-refractivity contribution in [1.82, 2.24) is 4.90 Å². The second-order valence-electron chi connectivity index (χ2n) is 3.15. The highest BCUT2D eigenvalue weighted by molar-refractivity contribution is 5.65. The lowest BCUT2D eigenvalue weighted by Gasteiger charge is -2.35. The Morgan fingerprint density at radius 2 is 2.30 bits per heavy atom. The van der Waals surface area contributed by atoms with E-state index in [-0.39, 0.29) is 0 Å². The number of rotatable bonds is 0. The van der Waals surface area contributed by atoms with E-state index in [9.17, 15) is 0 Å². The predicted octanol–water partition coefficient (Wildman–Crippen LogP) is 0.925. The van der Waals surface area contributed by atoms with Gasteiger partial charge in [-0.1, -0.05) is 6.42 Å². The Morgan fingerprint density at radius 1 is 1.30 bits per heavy atom. The zero-order chi connectivity index (χ0) is 6.81. The predicted molar refractivity (Wildman–Crippen MR) is 42.6 cm³/mol. The van der Waals surface area contributed by atoms with Gasteiger partial charge in [-0.05, 0) is 19.4 Å². The molecule has 0 saturated carbocycles. The Kier molecular flexibility index (Phi) is 1.72. The molecule has 0 aromatic heterocycles. The normalized spacial score (nSPS) is 33.8. The van der Waals surface area contributed by atoms with Crippen LogP contribution in [-0.2, 0) is 0 Å². The lowest BCUT2D eigenvalue weighted by Crippen LogP contribution is -2.44. The van der Waals surface area contributed by atoms with Crippen molar-refractivity contribution < 1.29 is 0 Å². The van der Waals surface area contributed by atoms with Crippen molar-refractivity contribution in [3.05, 3.63) is 0 Å². The van der Waals surface area contributed by atoms with E-state index in [2.05, 4.69) is 16.1 Å². The Balaban J connectivity index is 2.03. The number of hydrogen-bond donors (Lipinski definition) is 0. The van der Waals surface area contributed by atoms with Crippen LogP contribution >= 0.6 is 0 Å². The maximum atomic E-state index is 4.29. The third-order valence-electron chi connectivity index (χ3n) is 2.46. The smallest absolute Gasteiger partial charge is 0.0513 e. The van der Waals surface area contributed by atoms with Crippen LogP contribution in [0.25, 0.3) is 0 Å². The lowest BCUT2D eigenvalue weighted by molar-refractivity contribution is 0.193. The van der Waals surface area contributed by atoms with Crippen molar-refractivity contribution >= 4 is 6.21 Å². The van der Waals surface area contributed by atoms with E-state index in [0.29, 0.717) is 6.04 Å². The zero-order valence-electron chi connectivity index (χ0n) is 6.29. The molecule has 2 heterocycles. The summed E-state index contributed by atoms with van der Waals surface area (Å²) >= 11 is 0. The molecule has 0 aliphatic carbocycles. The molecule has 0 N–H and O–H groups in total. The third kappa shape index (κ3) is 1.08. The van der Waals surface area contributed by atoms with E-state index in [1.807, 2.05) is 0 Å². The molecular formula is C8H14N2. The van der Waals surface area contributed by atoms with Gasteiger partial charge in [0.05, 0.1) is 6.54 Å². The third-order valence-corrected chi connectivity index (χ3v) is 2.46. The maximum absolute atomic E-state index is 4.29. The van der Waals surface area contributed by atoms with Crippen molar-refractivity contribution in [2.45, 2.75) is 25.3 Å². The van der Waals surface area contributed by atoms with E-state index >= 15 is 0 Å². The number of fused-ring (bicyclic) bond motifs is 1. The van der Waals surface area contributed by atoms with Gasteiger partial charge >= 0.3 is 0 Å². The van der Waals surface area contributed by atoms with Gasteiger partial charge in [0.2, 0.25) is 0 Å². The van der Waals surface area contributed by atoms with Crippen molar-refractivity contribution in [3.63, 3.8) is 0 Å². The van der Waals surface area contributed by atoms with Crippen LogP contribution in [0.15, 0.2) is 4.99 Å². The Morgan fingerprint density at radius 3 is 3.20 bits per heavy atom. The molecule has 0 aromatic rings. The second-order valence-corrected chi connectivity index (χ2v) is 3.15. The van der Waals surface area contributed by atoms with Crippen LogP contribution in [0.2, 0.25) is 0 Å². The number of hydrogen-bond acceptors (Lipinski definition) is 2. The summed E-state index contributed by atoms with van der Waals surface area (Å²) in [4.78, 5) is 6.85. The largest absolute Gasteiger partial charge is 0.295 e. The first-order valence-electron chi connectivity index (χ1n) is 4.21. The van der Waals surface area contributed by atoms with Gasteiger partial charge in [-0.25, -0.2) is 0 Å². The summed E-state index contributed by atoms with van der Waals surface area (Å²) < 4.78 is 0. The molecule has 0 unspecified atom stereocenters. The minimum atomic E-state index is 0.697. The van der Waals surface area contributed by atoms with Crippen LogP contribution in [-0.4, -0.2) is 36.8 Å². The molecule has 1 fully saturated rings. The molecule has 0 radical (unpaired) electrons. The number of nitrogens with zero attached hydrogens (tertiary/aromatic N) is 2. The molecule has 1 atom stereocenters. The summed E-state index contributed by atoms with van der Waals surface area (Å²) in [6, 6.07) is 0.697. The van der Waals surface area contributed by atoms with Crippen molar-refractivity contribution in [3.8, 4) is 0 Å². The van der Waals surface area contributed by atoms with Crippen LogP contribution in [0.4, 0.5) is 0 Å². The fourth-order valence-electron chi connectivity index (χ4n) is 1.85. The minimum Gasteiger partial charge on any atom is -0.295 e. The highest BCUT2D eigenvalue weighted by Gasteiger charge is 2.21. The van der Waals surface area contributed by atoms with Crippen LogP contribution in [0, 0.1) is 0 Å². The summed E-state index contributed by atoms with van der Waals surface area (Å²) in [7, 11) is 0. The molecule has 2 nitrogen and oxygen atoms in total. The summed E-state index contributed by atoms with van der Waals surface area (Å²) in [6.45, 7) is 3.52. The molecule has 2 aliphatic heterocycles. The highest BCUT2D eigenvalue weighted by atomic mass is 15.2. The molecule has 2 heteroatoms. The standard InChI is InChI=1S/C8H14N2/c1-2-5-10-6-4-9-7-8(10)3-1/h7-8H,1-6H2/t8-/m0/s1. The van der Waals surface area contributed by atoms with Crippen molar-refractivity contribution in [1.29, 1.82) is 0 Å². The van der Waals surface area contributed by atoms with Crippen LogP contribution in [0.1, 0.15) is 19.3 Å². The van der Waals surface area contributed by atoms with E-state index in [1.54, 1.807) is 0 Å². The van der Waals surface area contributed by atoms with Gasteiger partial charge in [0.25, 0.3) is 0 Å². The Hall–Kier alpha value is -0.370. The molecule has 0 amide bonds. The Labute approximate surface area is 61.9 Å². The van der Waals surface area contributed by atoms with E-state index in [4.69, 9.17) is 0 Å². The second kappa shape index (κ2) is 2.70. The quantitative estimate of drug-likeness (QED) is 0.486. The Bertz CT molecular complexity index is 142. The number of piperidine rings is 1. The molecule has 0 spiro atoms. The van der Waals surface area contributed by atoms with Gasteiger partial charge in [-0.3, -0.25) is 9.89 Å². The molecule has 2 rings (SSSR count). The maximum Gasteiger partial charge on any atom is 0.0513 e. The topological polar surface area (TPSA) is 15.6 Å². The minimum absolute atomic E-state index is 0.697. The van der Waals surface area contributed by atoms with E-state index in [1.165, 1.54) is 32.4 Å². The summed E-state index contributed by atoms with van der Waals surface area (Å²) in [5, 5.41) is 0. The lowest BCUT2D eigenvalue weighted by atomic mass is 10.0. The first-order chi connectivity index (χ1) is 4.97. The average Bonchev–Trinajstić information content (AvgIpc) is 2.05. The fourth-order valence-corrected chi connectivity index (χ4v) is 1.85. The van der Waals surface area contributed by atoms with Crippen molar-refractivity contribution in [2.75, 3.05) is 19.6 Å². The monoisotopic (exact) mass is 138 g/mol. The summed E-state index contributed by atoms with van der Waals surface area (Å²) in [6.07, 6.45) is 6.27. The van der Waals surface area contributed by atoms with Gasteiger partial charge in [0.1, 0.15) is 0 Å².